The molecule has 0 bridgehead atoms. The normalized spacial score (nSPS) is 20.5. The molecule has 2 atom stereocenters. The Hall–Kier alpha value is -2.67. The van der Waals surface area contributed by atoms with Crippen LogP contribution in [-0.2, 0) is 16.1 Å². The van der Waals surface area contributed by atoms with E-state index in [-0.39, 0.29) is 24.6 Å². The summed E-state index contributed by atoms with van der Waals surface area (Å²) < 4.78 is 12.7. The molecule has 0 N–H and O–H groups in total. The van der Waals surface area contributed by atoms with Gasteiger partial charge in [-0.15, -0.1) is 0 Å². The lowest BCUT2D eigenvalue weighted by Gasteiger charge is -2.22. The highest BCUT2D eigenvalue weighted by atomic mass is 16.5. The Kier molecular flexibility index (Phi) is 4.01. The van der Waals surface area contributed by atoms with Gasteiger partial charge in [-0.3, -0.25) is 4.79 Å². The fraction of sp³-hybridized carbons (Fsp3) is 0.389. The third-order valence-corrected chi connectivity index (χ3v) is 4.73. The van der Waals surface area contributed by atoms with E-state index >= 15 is 0 Å². The van der Waals surface area contributed by atoms with Crippen LogP contribution in [-0.4, -0.2) is 45.3 Å². The molecular formula is C18H20N4O3. The topological polar surface area (TPSA) is 73.4 Å². The Balaban J connectivity index is 1.58. The molecule has 0 unspecified atom stereocenters. The Bertz CT molecular complexity index is 901. The van der Waals surface area contributed by atoms with Gasteiger partial charge in [0.05, 0.1) is 6.10 Å². The third kappa shape index (κ3) is 2.91. The number of benzene rings is 1. The van der Waals surface area contributed by atoms with E-state index in [1.54, 1.807) is 18.9 Å². The van der Waals surface area contributed by atoms with Gasteiger partial charge in [0.2, 0.25) is 11.8 Å². The molecule has 0 saturated carbocycles. The molecule has 7 heteroatoms. The molecule has 1 aliphatic heterocycles. The fourth-order valence-electron chi connectivity index (χ4n) is 3.44. The second-order valence-corrected chi connectivity index (χ2v) is 6.34. The van der Waals surface area contributed by atoms with Crippen molar-refractivity contribution in [1.29, 1.82) is 0 Å². The molecule has 25 heavy (non-hydrogen) atoms. The van der Waals surface area contributed by atoms with Crippen LogP contribution in [0.4, 0.5) is 0 Å². The van der Waals surface area contributed by atoms with Crippen LogP contribution in [0.2, 0.25) is 0 Å². The zero-order valence-corrected chi connectivity index (χ0v) is 14.3. The first-order chi connectivity index (χ1) is 12.2. The first-order valence-electron chi connectivity index (χ1n) is 8.32. The largest absolute Gasteiger partial charge is 0.380 e. The summed E-state index contributed by atoms with van der Waals surface area (Å²) in [6.07, 6.45) is 2.58. The summed E-state index contributed by atoms with van der Waals surface area (Å²) in [6.45, 7) is 2.57. The zero-order valence-electron chi connectivity index (χ0n) is 14.3. The van der Waals surface area contributed by atoms with Crippen LogP contribution < -0.4 is 0 Å². The van der Waals surface area contributed by atoms with Gasteiger partial charge in [-0.25, -0.2) is 0 Å². The highest BCUT2D eigenvalue weighted by Gasteiger charge is 2.39. The number of nitrogens with zero attached hydrogens (tertiary/aromatic N) is 4. The number of methoxy groups -OCH3 is 1. The van der Waals surface area contributed by atoms with Crippen LogP contribution in [0.15, 0.2) is 41.1 Å². The SMILES string of the molecule is CO[C@H]1C[C@H](c2nc(C)no2)N(C(=O)Cn2ccc3ccccc32)C1. The number of para-hydroxylation sites is 1. The molecule has 3 heterocycles. The van der Waals surface area contributed by atoms with Crippen molar-refractivity contribution in [2.45, 2.75) is 32.0 Å². The van der Waals surface area contributed by atoms with Crippen LogP contribution in [0.25, 0.3) is 10.9 Å². The van der Waals surface area contributed by atoms with E-state index < -0.39 is 0 Å². The summed E-state index contributed by atoms with van der Waals surface area (Å²) in [6, 6.07) is 9.81. The second-order valence-electron chi connectivity index (χ2n) is 6.34. The number of hydrogen-bond acceptors (Lipinski definition) is 5. The number of ether oxygens (including phenoxy) is 1. The molecule has 0 aliphatic carbocycles. The molecule has 130 valence electrons. The highest BCUT2D eigenvalue weighted by molar-refractivity contribution is 5.83. The van der Waals surface area contributed by atoms with Crippen molar-refractivity contribution in [2.24, 2.45) is 0 Å². The van der Waals surface area contributed by atoms with Crippen molar-refractivity contribution in [2.75, 3.05) is 13.7 Å². The summed E-state index contributed by atoms with van der Waals surface area (Å²) in [5, 5.41) is 4.97. The van der Waals surface area contributed by atoms with Gasteiger partial charge in [0.1, 0.15) is 12.6 Å². The minimum atomic E-state index is -0.236. The van der Waals surface area contributed by atoms with Crippen LogP contribution in [0, 0.1) is 6.92 Å². The van der Waals surface area contributed by atoms with Crippen LogP contribution in [0.3, 0.4) is 0 Å². The molecule has 1 saturated heterocycles. The molecule has 3 aromatic rings. The Morgan fingerprint density at radius 1 is 1.36 bits per heavy atom. The molecule has 0 spiro atoms. The van der Waals surface area contributed by atoms with Crippen LogP contribution in [0.1, 0.15) is 24.2 Å². The van der Waals surface area contributed by atoms with Gasteiger partial charge < -0.3 is 18.7 Å². The standard InChI is InChI=1S/C18H20N4O3/c1-12-19-18(25-20-12)16-9-14(24-2)10-22(16)17(23)11-21-8-7-13-5-3-4-6-15(13)21/h3-8,14,16H,9-11H2,1-2H3/t14-,16+/m0/s1. The van der Waals surface area contributed by atoms with Crippen LogP contribution in [0.5, 0.6) is 0 Å². The van der Waals surface area contributed by atoms with Gasteiger partial charge in [0, 0.05) is 31.8 Å². The van der Waals surface area contributed by atoms with Crippen molar-refractivity contribution < 1.29 is 14.1 Å². The minimum absolute atomic E-state index is 0.0155. The molecule has 1 aromatic carbocycles. The first kappa shape index (κ1) is 15.8. The highest BCUT2D eigenvalue weighted by Crippen LogP contribution is 2.32. The predicted molar refractivity (Wildman–Crippen MR) is 90.8 cm³/mol. The summed E-state index contributed by atoms with van der Waals surface area (Å²) in [5.41, 5.74) is 1.04. The van der Waals surface area contributed by atoms with E-state index in [1.807, 2.05) is 41.1 Å². The summed E-state index contributed by atoms with van der Waals surface area (Å²) in [5.74, 6) is 1.06. The minimum Gasteiger partial charge on any atom is -0.380 e. The second kappa shape index (κ2) is 6.33. The summed E-state index contributed by atoms with van der Waals surface area (Å²) in [7, 11) is 1.66. The monoisotopic (exact) mass is 340 g/mol. The van der Waals surface area contributed by atoms with E-state index in [2.05, 4.69) is 10.1 Å². The average Bonchev–Trinajstić information content (AvgIpc) is 3.33. The smallest absolute Gasteiger partial charge is 0.249 e. The third-order valence-electron chi connectivity index (χ3n) is 4.73. The summed E-state index contributed by atoms with van der Waals surface area (Å²) >= 11 is 0. The van der Waals surface area contributed by atoms with Gasteiger partial charge >= 0.3 is 0 Å². The van der Waals surface area contributed by atoms with E-state index in [4.69, 9.17) is 9.26 Å². The zero-order chi connectivity index (χ0) is 17.4. The maximum absolute atomic E-state index is 13.0. The first-order valence-corrected chi connectivity index (χ1v) is 8.32. The number of aryl methyl sites for hydroxylation is 1. The van der Waals surface area contributed by atoms with Gasteiger partial charge in [-0.2, -0.15) is 4.98 Å². The van der Waals surface area contributed by atoms with Gasteiger partial charge in [-0.05, 0) is 24.4 Å². The molecule has 1 amide bonds. The quantitative estimate of drug-likeness (QED) is 0.729. The molecule has 1 aliphatic rings. The average molecular weight is 340 g/mol. The van der Waals surface area contributed by atoms with Crippen molar-refractivity contribution in [3.63, 3.8) is 0 Å². The Labute approximate surface area is 145 Å². The van der Waals surface area contributed by atoms with Gasteiger partial charge in [0.25, 0.3) is 0 Å². The molecule has 4 rings (SSSR count). The van der Waals surface area contributed by atoms with Crippen molar-refractivity contribution in [3.8, 4) is 0 Å². The van der Waals surface area contributed by atoms with E-state index in [9.17, 15) is 4.79 Å². The lowest BCUT2D eigenvalue weighted by molar-refractivity contribution is -0.133. The number of likely N-dealkylation sites (tertiary alicyclic amines) is 1. The number of carbonyl (C=O) groups is 1. The molecule has 7 nitrogen and oxygen atoms in total. The maximum atomic E-state index is 13.0. The van der Waals surface area contributed by atoms with Gasteiger partial charge in [-0.1, -0.05) is 23.4 Å². The molecule has 0 radical (unpaired) electrons. The maximum Gasteiger partial charge on any atom is 0.249 e. The van der Waals surface area contributed by atoms with Crippen molar-refractivity contribution in [1.82, 2.24) is 19.6 Å². The predicted octanol–water partition coefficient (Wildman–Crippen LogP) is 2.32. The van der Waals surface area contributed by atoms with Crippen molar-refractivity contribution >= 4 is 16.8 Å². The summed E-state index contributed by atoms with van der Waals surface area (Å²) in [4.78, 5) is 19.1. The lowest BCUT2D eigenvalue weighted by Crippen LogP contribution is -2.34. The molecule has 1 fully saturated rings. The van der Waals surface area contributed by atoms with E-state index in [1.165, 1.54) is 0 Å². The fourth-order valence-corrected chi connectivity index (χ4v) is 3.44. The number of rotatable bonds is 4. The number of aromatic nitrogens is 3. The number of carbonyl (C=O) groups excluding carboxylic acids is 1. The number of amides is 1. The molecule has 2 aromatic heterocycles. The Morgan fingerprint density at radius 2 is 2.20 bits per heavy atom. The van der Waals surface area contributed by atoms with E-state index in [0.29, 0.717) is 24.7 Å². The van der Waals surface area contributed by atoms with Gasteiger partial charge in [0.15, 0.2) is 5.82 Å². The van der Waals surface area contributed by atoms with E-state index in [0.717, 1.165) is 10.9 Å². The number of fused-ring (bicyclic) bond motifs is 1. The lowest BCUT2D eigenvalue weighted by atomic mass is 10.2. The van der Waals surface area contributed by atoms with Crippen molar-refractivity contribution in [3.05, 3.63) is 48.2 Å². The number of hydrogen-bond donors (Lipinski definition) is 0. The molecular weight excluding hydrogens is 320 g/mol. The van der Waals surface area contributed by atoms with Crippen LogP contribution >= 0.6 is 0 Å². The Morgan fingerprint density at radius 3 is 2.96 bits per heavy atom.